The van der Waals surface area contributed by atoms with Crippen molar-refractivity contribution in [3.8, 4) is 5.75 Å². The van der Waals surface area contributed by atoms with Gasteiger partial charge in [0.25, 0.3) is 0 Å². The molecule has 1 aliphatic heterocycles. The first-order valence-electron chi connectivity index (χ1n) is 9.94. The van der Waals surface area contributed by atoms with Gasteiger partial charge in [-0.3, -0.25) is 4.99 Å². The van der Waals surface area contributed by atoms with E-state index >= 15 is 0 Å². The maximum atomic E-state index is 5.76. The van der Waals surface area contributed by atoms with Crippen molar-refractivity contribution in [1.82, 2.24) is 15.5 Å². The first-order chi connectivity index (χ1) is 12.5. The number of hydrogen-bond acceptors (Lipinski definition) is 3. The third kappa shape index (κ3) is 6.52. The molecule has 0 saturated carbocycles. The van der Waals surface area contributed by atoms with E-state index in [1.54, 1.807) is 0 Å². The van der Waals surface area contributed by atoms with Crippen LogP contribution in [0.4, 0.5) is 0 Å². The van der Waals surface area contributed by atoms with Crippen LogP contribution in [0.15, 0.2) is 29.3 Å². The maximum Gasteiger partial charge on any atom is 0.191 e. The first-order valence-corrected chi connectivity index (χ1v) is 9.94. The summed E-state index contributed by atoms with van der Waals surface area (Å²) in [6, 6.07) is 8.53. The molecular formula is C21H36N4O. The van der Waals surface area contributed by atoms with Crippen molar-refractivity contribution in [2.75, 3.05) is 39.8 Å². The van der Waals surface area contributed by atoms with Crippen molar-refractivity contribution in [3.63, 3.8) is 0 Å². The van der Waals surface area contributed by atoms with Crippen LogP contribution in [0.2, 0.25) is 0 Å². The lowest BCUT2D eigenvalue weighted by Gasteiger charge is -2.20. The number of likely N-dealkylation sites (tertiary alicyclic amines) is 1. The minimum Gasteiger partial charge on any atom is -0.493 e. The molecule has 1 aromatic rings. The van der Waals surface area contributed by atoms with E-state index in [1.165, 1.54) is 25.1 Å². The summed E-state index contributed by atoms with van der Waals surface area (Å²) in [6.07, 6.45) is 1.27. The van der Waals surface area contributed by atoms with Crippen molar-refractivity contribution >= 4 is 5.96 Å². The van der Waals surface area contributed by atoms with E-state index in [4.69, 9.17) is 4.74 Å². The van der Waals surface area contributed by atoms with Crippen LogP contribution in [0, 0.1) is 11.8 Å². The molecule has 2 unspecified atom stereocenters. The van der Waals surface area contributed by atoms with Gasteiger partial charge in [-0.15, -0.1) is 0 Å². The second-order valence-electron chi connectivity index (χ2n) is 7.64. The van der Waals surface area contributed by atoms with Gasteiger partial charge in [0.1, 0.15) is 5.75 Å². The Labute approximate surface area is 159 Å². The zero-order chi connectivity index (χ0) is 18.9. The SMILES string of the molecule is CCN1CCC(CNC(=NC)NC(C)c2ccc(OCC(C)C)cc2)C1. The normalized spacial score (nSPS) is 19.6. The van der Waals surface area contributed by atoms with Gasteiger partial charge in [0, 0.05) is 20.1 Å². The molecule has 5 nitrogen and oxygen atoms in total. The fraction of sp³-hybridized carbons (Fsp3) is 0.667. The summed E-state index contributed by atoms with van der Waals surface area (Å²) in [4.78, 5) is 6.88. The average Bonchev–Trinajstić information content (AvgIpc) is 3.11. The van der Waals surface area contributed by atoms with Crippen LogP contribution in [0.5, 0.6) is 5.75 Å². The quantitative estimate of drug-likeness (QED) is 0.552. The fourth-order valence-electron chi connectivity index (χ4n) is 3.21. The van der Waals surface area contributed by atoms with Gasteiger partial charge in [-0.05, 0) is 56.0 Å². The van der Waals surface area contributed by atoms with Gasteiger partial charge in [-0.25, -0.2) is 0 Å². The van der Waals surface area contributed by atoms with E-state index in [0.717, 1.165) is 31.4 Å². The van der Waals surface area contributed by atoms with Crippen molar-refractivity contribution < 1.29 is 4.74 Å². The highest BCUT2D eigenvalue weighted by atomic mass is 16.5. The van der Waals surface area contributed by atoms with E-state index in [9.17, 15) is 0 Å². The highest BCUT2D eigenvalue weighted by Gasteiger charge is 2.21. The van der Waals surface area contributed by atoms with E-state index in [1.807, 2.05) is 19.2 Å². The van der Waals surface area contributed by atoms with Crippen LogP contribution >= 0.6 is 0 Å². The molecule has 1 heterocycles. The van der Waals surface area contributed by atoms with Crippen LogP contribution in [-0.2, 0) is 0 Å². The molecule has 0 radical (unpaired) electrons. The molecule has 1 fully saturated rings. The second-order valence-corrected chi connectivity index (χ2v) is 7.64. The Morgan fingerprint density at radius 1 is 1.27 bits per heavy atom. The molecule has 1 aliphatic rings. The van der Waals surface area contributed by atoms with Gasteiger partial charge >= 0.3 is 0 Å². The van der Waals surface area contributed by atoms with Crippen molar-refractivity contribution in [3.05, 3.63) is 29.8 Å². The standard InChI is InChI=1S/C21H36N4O/c1-6-25-12-11-18(14-25)13-23-21(22-5)24-17(4)19-7-9-20(10-8-19)26-15-16(2)3/h7-10,16-18H,6,11-15H2,1-5H3,(H2,22,23,24). The molecule has 0 aliphatic carbocycles. The zero-order valence-electron chi connectivity index (χ0n) is 17.1. The molecule has 0 aromatic heterocycles. The van der Waals surface area contributed by atoms with E-state index in [2.05, 4.69) is 60.4 Å². The van der Waals surface area contributed by atoms with Crippen LogP contribution in [-0.4, -0.2) is 50.7 Å². The molecule has 2 rings (SSSR count). The van der Waals surface area contributed by atoms with Gasteiger partial charge in [-0.1, -0.05) is 32.9 Å². The topological polar surface area (TPSA) is 48.9 Å². The summed E-state index contributed by atoms with van der Waals surface area (Å²) < 4.78 is 5.76. The molecule has 0 bridgehead atoms. The number of guanidine groups is 1. The zero-order valence-corrected chi connectivity index (χ0v) is 17.1. The predicted molar refractivity (Wildman–Crippen MR) is 110 cm³/mol. The molecule has 1 aromatic carbocycles. The lowest BCUT2D eigenvalue weighted by molar-refractivity contribution is 0.271. The summed E-state index contributed by atoms with van der Waals surface area (Å²) in [5, 5.41) is 6.97. The molecule has 0 amide bonds. The van der Waals surface area contributed by atoms with E-state index < -0.39 is 0 Å². The maximum absolute atomic E-state index is 5.76. The fourth-order valence-corrected chi connectivity index (χ4v) is 3.21. The Kier molecular flexibility index (Phi) is 8.23. The van der Waals surface area contributed by atoms with E-state index in [-0.39, 0.29) is 6.04 Å². The van der Waals surface area contributed by atoms with Crippen molar-refractivity contribution in [2.45, 2.75) is 40.2 Å². The Morgan fingerprint density at radius 3 is 2.58 bits per heavy atom. The number of benzene rings is 1. The molecule has 2 atom stereocenters. The van der Waals surface area contributed by atoms with Crippen LogP contribution in [0.3, 0.4) is 0 Å². The Bertz CT molecular complexity index is 556. The smallest absolute Gasteiger partial charge is 0.191 e. The summed E-state index contributed by atoms with van der Waals surface area (Å²) in [6.45, 7) is 14.0. The highest BCUT2D eigenvalue weighted by molar-refractivity contribution is 5.80. The number of rotatable bonds is 8. The van der Waals surface area contributed by atoms with Gasteiger partial charge in [-0.2, -0.15) is 0 Å². The number of nitrogens with one attached hydrogen (secondary N) is 2. The molecular weight excluding hydrogens is 324 g/mol. The Balaban J connectivity index is 1.80. The summed E-state index contributed by atoms with van der Waals surface area (Å²) >= 11 is 0. The largest absolute Gasteiger partial charge is 0.493 e. The monoisotopic (exact) mass is 360 g/mol. The Hall–Kier alpha value is -1.75. The molecule has 26 heavy (non-hydrogen) atoms. The minimum atomic E-state index is 0.191. The number of nitrogens with zero attached hydrogens (tertiary/aromatic N) is 2. The third-order valence-electron chi connectivity index (χ3n) is 4.92. The summed E-state index contributed by atoms with van der Waals surface area (Å²) in [7, 11) is 1.83. The molecule has 5 heteroatoms. The molecule has 0 spiro atoms. The van der Waals surface area contributed by atoms with Crippen LogP contribution in [0.25, 0.3) is 0 Å². The van der Waals surface area contributed by atoms with Crippen molar-refractivity contribution in [1.29, 1.82) is 0 Å². The number of ether oxygens (including phenoxy) is 1. The second kappa shape index (κ2) is 10.4. The van der Waals surface area contributed by atoms with Gasteiger partial charge < -0.3 is 20.3 Å². The predicted octanol–water partition coefficient (Wildman–Crippen LogP) is 3.29. The van der Waals surface area contributed by atoms with Gasteiger partial charge in [0.15, 0.2) is 5.96 Å². The lowest BCUT2D eigenvalue weighted by atomic mass is 10.1. The molecule has 1 saturated heterocycles. The van der Waals surface area contributed by atoms with Crippen LogP contribution < -0.4 is 15.4 Å². The Morgan fingerprint density at radius 2 is 2.00 bits per heavy atom. The minimum absolute atomic E-state index is 0.191. The lowest BCUT2D eigenvalue weighted by Crippen LogP contribution is -2.41. The third-order valence-corrected chi connectivity index (χ3v) is 4.92. The number of hydrogen-bond donors (Lipinski definition) is 2. The molecule has 2 N–H and O–H groups in total. The highest BCUT2D eigenvalue weighted by Crippen LogP contribution is 2.18. The van der Waals surface area contributed by atoms with Crippen molar-refractivity contribution in [2.24, 2.45) is 16.8 Å². The average molecular weight is 361 g/mol. The van der Waals surface area contributed by atoms with Gasteiger partial charge in [0.2, 0.25) is 0 Å². The summed E-state index contributed by atoms with van der Waals surface area (Å²) in [5.74, 6) is 3.04. The first kappa shape index (κ1) is 20.6. The van der Waals surface area contributed by atoms with Gasteiger partial charge in [0.05, 0.1) is 12.6 Å². The van der Waals surface area contributed by atoms with Crippen LogP contribution in [0.1, 0.15) is 45.7 Å². The summed E-state index contributed by atoms with van der Waals surface area (Å²) in [5.41, 5.74) is 1.22. The number of aliphatic imine (C=N–C) groups is 1. The van der Waals surface area contributed by atoms with E-state index in [0.29, 0.717) is 11.8 Å². The molecule has 146 valence electrons.